The van der Waals surface area contributed by atoms with Crippen LogP contribution in [0, 0.1) is 11.8 Å². The first-order valence-corrected chi connectivity index (χ1v) is 23.5. The van der Waals surface area contributed by atoms with E-state index in [-0.39, 0.29) is 38.2 Å². The van der Waals surface area contributed by atoms with Crippen molar-refractivity contribution in [2.45, 2.75) is 118 Å². The number of unbranched alkanes of at least 4 members (excludes halogenated alkanes) is 1. The largest absolute Gasteiger partial charge is 0.493 e. The molecule has 13 nitrogen and oxygen atoms in total. The molecule has 4 atom stereocenters. The van der Waals surface area contributed by atoms with E-state index in [2.05, 4.69) is 41.8 Å². The summed E-state index contributed by atoms with van der Waals surface area (Å²) in [6.07, 6.45) is 3.44. The summed E-state index contributed by atoms with van der Waals surface area (Å²) in [6.45, 7) is 13.4. The molecule has 4 aromatic carbocycles. The molecule has 0 spiro atoms. The number of carbonyl (C=O) groups is 6. The first-order chi connectivity index (χ1) is 31.9. The Kier molecular flexibility index (Phi) is 18.3. The van der Waals surface area contributed by atoms with Crippen molar-refractivity contribution in [3.63, 3.8) is 0 Å². The number of rotatable bonds is 18. The van der Waals surface area contributed by atoms with E-state index in [9.17, 15) is 28.8 Å². The lowest BCUT2D eigenvalue weighted by atomic mass is 9.88. The van der Waals surface area contributed by atoms with Crippen molar-refractivity contribution in [3.8, 4) is 33.8 Å². The Morgan fingerprint density at radius 1 is 0.821 bits per heavy atom. The van der Waals surface area contributed by atoms with Crippen LogP contribution in [0.5, 0.6) is 11.5 Å². The number of nitrogens with zero attached hydrogens (tertiary/aromatic N) is 1. The second-order valence-electron chi connectivity index (χ2n) is 18.4. The van der Waals surface area contributed by atoms with Crippen LogP contribution in [0.2, 0.25) is 0 Å². The Morgan fingerprint density at radius 3 is 2.06 bits per heavy atom. The van der Waals surface area contributed by atoms with Gasteiger partial charge in [0.15, 0.2) is 11.6 Å². The fraction of sp³-hybridized carbons (Fsp3) is 0.444. The number of fused-ring (bicyclic) bond motifs is 5. The maximum Gasteiger partial charge on any atom is 0.407 e. The Hall–Kier alpha value is -6.50. The van der Waals surface area contributed by atoms with Crippen LogP contribution < -0.4 is 25.8 Å². The second-order valence-corrected chi connectivity index (χ2v) is 18.4. The van der Waals surface area contributed by atoms with Crippen LogP contribution in [0.25, 0.3) is 22.3 Å². The Balaban J connectivity index is 1.50. The van der Waals surface area contributed by atoms with Gasteiger partial charge in [0.05, 0.1) is 13.2 Å². The van der Waals surface area contributed by atoms with Crippen LogP contribution in [-0.2, 0) is 36.8 Å². The summed E-state index contributed by atoms with van der Waals surface area (Å²) < 4.78 is 17.9. The number of amides is 4. The first kappa shape index (κ1) is 51.5. The summed E-state index contributed by atoms with van der Waals surface area (Å²) in [5.41, 5.74) is 11.1. The zero-order valence-corrected chi connectivity index (χ0v) is 40.4. The molecule has 4 bridgehead atoms. The molecule has 1 aliphatic rings. The van der Waals surface area contributed by atoms with E-state index < -0.39 is 59.1 Å². The monoisotopic (exact) mass is 916 g/mol. The van der Waals surface area contributed by atoms with Gasteiger partial charge < -0.3 is 35.5 Å². The molecule has 1 aliphatic heterocycles. The minimum Gasteiger partial charge on any atom is -0.493 e. The van der Waals surface area contributed by atoms with Crippen molar-refractivity contribution in [3.05, 3.63) is 107 Å². The quantitative estimate of drug-likeness (QED) is 0.0648. The van der Waals surface area contributed by atoms with Gasteiger partial charge in [-0.1, -0.05) is 94.8 Å². The predicted octanol–water partition coefficient (Wildman–Crippen LogP) is 8.98. The van der Waals surface area contributed by atoms with Crippen molar-refractivity contribution in [2.24, 2.45) is 17.6 Å². The number of ketones is 2. The van der Waals surface area contributed by atoms with Crippen molar-refractivity contribution < 1.29 is 43.0 Å². The molecule has 358 valence electrons. The van der Waals surface area contributed by atoms with Gasteiger partial charge in [-0.15, -0.1) is 0 Å². The molecule has 0 saturated heterocycles. The molecule has 0 radical (unpaired) electrons. The van der Waals surface area contributed by atoms with Gasteiger partial charge in [0, 0.05) is 54.8 Å². The molecule has 4 amide bonds. The zero-order valence-electron chi connectivity index (χ0n) is 40.4. The highest BCUT2D eigenvalue weighted by Gasteiger charge is 2.36. The number of primary amides is 1. The fourth-order valence-corrected chi connectivity index (χ4v) is 8.10. The van der Waals surface area contributed by atoms with E-state index in [1.54, 1.807) is 77.2 Å². The molecule has 5 rings (SSSR count). The standard InChI is InChI=1S/C54H68N4O9/c1-9-12-13-35-14-17-38(18-15-35)39-19-21-40(22-20-39)45(59)33-37(11-3)52(63)58(8)49-41-23-25-48(65-27-10-2)43(32-41)42-30-36(31-44(50(55)61)57-51(62)34(4)29-46(49)60)16-24-47(42)66-28-26-56-53(64)67-54(5,6)7/h14-25,30,32,34,37,44,49H,9-13,26-29,31,33H2,1-8H3,(H2,55,61)(H,56,64)(H,57,62)/t34-,37-,44+,49+/m1/s1. The number of carbonyl (C=O) groups excluding carboxylic acids is 6. The van der Waals surface area contributed by atoms with Crippen molar-refractivity contribution in [2.75, 3.05) is 26.8 Å². The van der Waals surface area contributed by atoms with Gasteiger partial charge in [-0.2, -0.15) is 0 Å². The van der Waals surface area contributed by atoms with Crippen LogP contribution in [0.15, 0.2) is 84.9 Å². The van der Waals surface area contributed by atoms with E-state index in [1.165, 1.54) is 10.5 Å². The number of benzene rings is 4. The summed E-state index contributed by atoms with van der Waals surface area (Å²) in [7, 11) is 1.55. The van der Waals surface area contributed by atoms with Gasteiger partial charge in [0.2, 0.25) is 17.7 Å². The second kappa shape index (κ2) is 23.8. The van der Waals surface area contributed by atoms with Crippen LogP contribution in [0.1, 0.15) is 120 Å². The van der Waals surface area contributed by atoms with E-state index in [0.29, 0.717) is 58.8 Å². The highest BCUT2D eigenvalue weighted by Crippen LogP contribution is 2.41. The van der Waals surface area contributed by atoms with E-state index >= 15 is 0 Å². The number of nitrogens with two attached hydrogens (primary N) is 1. The molecule has 0 aromatic heterocycles. The lowest BCUT2D eigenvalue weighted by molar-refractivity contribution is -0.142. The third kappa shape index (κ3) is 14.2. The normalized spacial score (nSPS) is 16.7. The summed E-state index contributed by atoms with van der Waals surface area (Å²) >= 11 is 0. The maximum absolute atomic E-state index is 14.7. The third-order valence-corrected chi connectivity index (χ3v) is 11.8. The van der Waals surface area contributed by atoms with E-state index in [0.717, 1.165) is 30.4 Å². The van der Waals surface area contributed by atoms with Gasteiger partial charge in [0.25, 0.3) is 0 Å². The highest BCUT2D eigenvalue weighted by molar-refractivity contribution is 6.00. The third-order valence-electron chi connectivity index (χ3n) is 11.8. The summed E-state index contributed by atoms with van der Waals surface area (Å²) in [6, 6.07) is 24.2. The summed E-state index contributed by atoms with van der Waals surface area (Å²) in [4.78, 5) is 83.3. The number of hydrogen-bond donors (Lipinski definition) is 3. The summed E-state index contributed by atoms with van der Waals surface area (Å²) in [5, 5.41) is 5.44. The van der Waals surface area contributed by atoms with Gasteiger partial charge in [-0.05, 0) is 98.5 Å². The van der Waals surface area contributed by atoms with Gasteiger partial charge in [-0.25, -0.2) is 4.79 Å². The van der Waals surface area contributed by atoms with Crippen LogP contribution in [0.3, 0.4) is 0 Å². The Morgan fingerprint density at radius 2 is 1.45 bits per heavy atom. The Bertz CT molecular complexity index is 2370. The molecule has 0 saturated carbocycles. The Labute approximate surface area is 395 Å². The minimum absolute atomic E-state index is 0.0498. The van der Waals surface area contributed by atoms with Gasteiger partial charge in [-0.3, -0.25) is 24.0 Å². The van der Waals surface area contributed by atoms with Gasteiger partial charge >= 0.3 is 6.09 Å². The van der Waals surface area contributed by atoms with Crippen molar-refractivity contribution >= 4 is 35.4 Å². The number of aryl methyl sites for hydroxylation is 1. The molecule has 67 heavy (non-hydrogen) atoms. The predicted molar refractivity (Wildman–Crippen MR) is 260 cm³/mol. The topological polar surface area (TPSA) is 183 Å². The molecule has 0 aliphatic carbocycles. The fourth-order valence-electron chi connectivity index (χ4n) is 8.10. The maximum atomic E-state index is 14.7. The number of hydrogen-bond acceptors (Lipinski definition) is 9. The zero-order chi connectivity index (χ0) is 48.8. The van der Waals surface area contributed by atoms with E-state index in [1.807, 2.05) is 32.0 Å². The molecule has 0 fully saturated rings. The minimum atomic E-state index is -1.18. The molecule has 1 heterocycles. The number of Topliss-reactive ketones (excluding diaryl/α,β-unsaturated/α-hetero) is 2. The average molecular weight is 917 g/mol. The molecule has 4 aromatic rings. The van der Waals surface area contributed by atoms with Crippen LogP contribution >= 0.6 is 0 Å². The summed E-state index contributed by atoms with van der Waals surface area (Å²) in [5.74, 6) is -3.10. The molecule has 0 unspecified atom stereocenters. The molecule has 13 heteroatoms. The SMILES string of the molecule is CCCCc1ccc(-c2ccc(C(=O)C[C@@H](CC)C(=O)N(C)[C@@H]3C(=O)C[C@@H](C)C(=O)N[C@H](C(N)=O)Cc4ccc(OCCNC(=O)OC(C)(C)C)c(c4)-c4cc3ccc4OCCC)cc2)cc1. The van der Waals surface area contributed by atoms with Gasteiger partial charge in [0.1, 0.15) is 35.8 Å². The van der Waals surface area contributed by atoms with Crippen molar-refractivity contribution in [1.82, 2.24) is 15.5 Å². The van der Waals surface area contributed by atoms with Crippen molar-refractivity contribution in [1.29, 1.82) is 0 Å². The number of likely N-dealkylation sites (N-methyl/N-ethyl adjacent to an activating group) is 1. The lowest BCUT2D eigenvalue weighted by Crippen LogP contribution is -2.48. The molecular formula is C54H68N4O9. The molecular weight excluding hydrogens is 849 g/mol. The highest BCUT2D eigenvalue weighted by atomic mass is 16.6. The number of alkyl carbamates (subject to hydrolysis) is 1. The average Bonchev–Trinajstić information content (AvgIpc) is 3.30. The first-order valence-electron chi connectivity index (χ1n) is 23.5. The van der Waals surface area contributed by atoms with Crippen LogP contribution in [0.4, 0.5) is 4.79 Å². The van der Waals surface area contributed by atoms with E-state index in [4.69, 9.17) is 19.9 Å². The lowest BCUT2D eigenvalue weighted by Gasteiger charge is -2.32. The number of ether oxygens (including phenoxy) is 3. The smallest absolute Gasteiger partial charge is 0.407 e. The molecule has 4 N–H and O–H groups in total. The number of nitrogens with one attached hydrogen (secondary N) is 2. The van der Waals surface area contributed by atoms with Crippen LogP contribution in [-0.4, -0.2) is 78.7 Å².